The summed E-state index contributed by atoms with van der Waals surface area (Å²) < 4.78 is 6.29. The van der Waals surface area contributed by atoms with Crippen molar-refractivity contribution < 1.29 is 14.3 Å². The molecule has 1 aliphatic rings. The van der Waals surface area contributed by atoms with Crippen LogP contribution in [0, 0.1) is 0 Å². The van der Waals surface area contributed by atoms with Gasteiger partial charge in [-0.3, -0.25) is 9.69 Å². The van der Waals surface area contributed by atoms with Crippen molar-refractivity contribution in [3.05, 3.63) is 81.2 Å². The second-order valence-corrected chi connectivity index (χ2v) is 9.95. The van der Waals surface area contributed by atoms with E-state index in [1.807, 2.05) is 42.5 Å². The van der Waals surface area contributed by atoms with Gasteiger partial charge in [-0.1, -0.05) is 42.5 Å². The highest BCUT2D eigenvalue weighted by Crippen LogP contribution is 2.38. The summed E-state index contributed by atoms with van der Waals surface area (Å²) in [7, 11) is 0. The van der Waals surface area contributed by atoms with Crippen LogP contribution in [0.3, 0.4) is 0 Å². The Morgan fingerprint density at radius 2 is 1.88 bits per heavy atom. The smallest absolute Gasteiger partial charge is 0.341 e. The molecule has 6 nitrogen and oxygen atoms in total. The number of anilines is 1. The van der Waals surface area contributed by atoms with Gasteiger partial charge in [0.25, 0.3) is 5.91 Å². The summed E-state index contributed by atoms with van der Waals surface area (Å²) in [5.41, 5.74) is 3.53. The summed E-state index contributed by atoms with van der Waals surface area (Å²) in [6.07, 6.45) is 0.740. The van der Waals surface area contributed by atoms with Crippen LogP contribution in [0.5, 0.6) is 0 Å². The van der Waals surface area contributed by atoms with E-state index in [-0.39, 0.29) is 18.5 Å². The zero-order chi connectivity index (χ0) is 22.8. The lowest BCUT2D eigenvalue weighted by Crippen LogP contribution is -2.29. The predicted molar refractivity (Wildman–Crippen MR) is 132 cm³/mol. The molecule has 0 fully saturated rings. The van der Waals surface area contributed by atoms with Crippen molar-refractivity contribution in [2.75, 3.05) is 18.5 Å². The first-order chi connectivity index (χ1) is 16.1. The monoisotopic (exact) mass is 477 g/mol. The normalized spacial score (nSPS) is 13.6. The van der Waals surface area contributed by atoms with Crippen molar-refractivity contribution in [2.45, 2.75) is 26.4 Å². The van der Waals surface area contributed by atoms with Crippen LogP contribution in [0.4, 0.5) is 5.00 Å². The fourth-order valence-corrected chi connectivity index (χ4v) is 6.20. The quantitative estimate of drug-likeness (QED) is 0.379. The maximum absolute atomic E-state index is 13.0. The number of esters is 1. The summed E-state index contributed by atoms with van der Waals surface area (Å²) in [4.78, 5) is 33.8. The molecule has 1 amide bonds. The molecule has 0 aliphatic carbocycles. The van der Waals surface area contributed by atoms with E-state index >= 15 is 0 Å². The molecule has 0 saturated heterocycles. The van der Waals surface area contributed by atoms with E-state index < -0.39 is 0 Å². The molecule has 0 saturated carbocycles. The molecule has 1 N–H and O–H groups in total. The molecule has 1 aliphatic heterocycles. The van der Waals surface area contributed by atoms with Gasteiger partial charge in [-0.2, -0.15) is 0 Å². The molecule has 33 heavy (non-hydrogen) atoms. The molecular formula is C25H23N3O3S2. The average molecular weight is 478 g/mol. The van der Waals surface area contributed by atoms with Crippen molar-refractivity contribution in [1.82, 2.24) is 9.88 Å². The number of rotatable bonds is 6. The van der Waals surface area contributed by atoms with Gasteiger partial charge < -0.3 is 10.1 Å². The maximum atomic E-state index is 13.0. The van der Waals surface area contributed by atoms with Crippen LogP contribution in [-0.2, 0) is 24.2 Å². The number of fused-ring (bicyclic) bond motifs is 2. The van der Waals surface area contributed by atoms with E-state index in [1.165, 1.54) is 28.2 Å². The van der Waals surface area contributed by atoms with Crippen molar-refractivity contribution >= 4 is 49.8 Å². The van der Waals surface area contributed by atoms with Crippen LogP contribution in [-0.4, -0.2) is 34.9 Å². The highest BCUT2D eigenvalue weighted by Gasteiger charge is 2.30. The molecule has 168 valence electrons. The SMILES string of the molecule is CCOC(=O)c1c(NC(=O)c2nc3ccccc3s2)sc2c1CCN(Cc1ccccc1)C2. The largest absolute Gasteiger partial charge is 0.462 e. The van der Waals surface area contributed by atoms with Gasteiger partial charge >= 0.3 is 5.97 Å². The Bertz CT molecular complexity index is 1280. The number of thiophene rings is 1. The van der Waals surface area contributed by atoms with Gasteiger partial charge in [0, 0.05) is 24.5 Å². The number of hydrogen-bond donors (Lipinski definition) is 1. The number of thiazole rings is 1. The Balaban J connectivity index is 1.42. The third-order valence-corrected chi connectivity index (χ3v) is 7.75. The number of nitrogens with zero attached hydrogens (tertiary/aromatic N) is 2. The Morgan fingerprint density at radius 1 is 1.09 bits per heavy atom. The number of para-hydroxylation sites is 1. The zero-order valence-electron chi connectivity index (χ0n) is 18.2. The maximum Gasteiger partial charge on any atom is 0.341 e. The standard InChI is InChI=1S/C25H23N3O3S2/c1-2-31-25(30)21-17-12-13-28(14-16-8-4-3-5-9-16)15-20(17)33-23(21)27-22(29)24-26-18-10-6-7-11-19(18)32-24/h3-11H,2,12-15H2,1H3,(H,27,29). The first-order valence-corrected chi connectivity index (χ1v) is 12.5. The van der Waals surface area contributed by atoms with E-state index in [2.05, 4.69) is 27.3 Å². The number of carbonyl (C=O) groups excluding carboxylic acids is 2. The number of hydrogen-bond acceptors (Lipinski definition) is 7. The second-order valence-electron chi connectivity index (χ2n) is 7.82. The third-order valence-electron chi connectivity index (χ3n) is 5.58. The molecule has 0 atom stereocenters. The summed E-state index contributed by atoms with van der Waals surface area (Å²) >= 11 is 2.81. The van der Waals surface area contributed by atoms with E-state index in [4.69, 9.17) is 4.74 Å². The Hall–Kier alpha value is -3.07. The molecule has 2 aromatic carbocycles. The minimum atomic E-state index is -0.383. The molecular weight excluding hydrogens is 454 g/mol. The van der Waals surface area contributed by atoms with Gasteiger partial charge in [-0.15, -0.1) is 22.7 Å². The molecule has 0 bridgehead atoms. The molecule has 3 heterocycles. The van der Waals surface area contributed by atoms with Crippen LogP contribution in [0.25, 0.3) is 10.2 Å². The topological polar surface area (TPSA) is 71.5 Å². The molecule has 2 aromatic heterocycles. The number of benzene rings is 2. The van der Waals surface area contributed by atoms with Gasteiger partial charge in [0.2, 0.25) is 0 Å². The summed E-state index contributed by atoms with van der Waals surface area (Å²) in [6.45, 7) is 4.50. The molecule has 8 heteroatoms. The number of aromatic nitrogens is 1. The second kappa shape index (κ2) is 9.43. The predicted octanol–water partition coefficient (Wildman–Crippen LogP) is 5.35. The van der Waals surface area contributed by atoms with Crippen molar-refractivity contribution in [2.24, 2.45) is 0 Å². The first kappa shape index (κ1) is 21.8. The lowest BCUT2D eigenvalue weighted by atomic mass is 10.0. The fourth-order valence-electron chi connectivity index (χ4n) is 4.07. The molecule has 0 spiro atoms. The van der Waals surface area contributed by atoms with Crippen molar-refractivity contribution in [1.29, 1.82) is 0 Å². The van der Waals surface area contributed by atoms with Crippen LogP contribution < -0.4 is 5.32 Å². The minimum Gasteiger partial charge on any atom is -0.462 e. The molecule has 5 rings (SSSR count). The average Bonchev–Trinajstić information content (AvgIpc) is 3.41. The Kier molecular flexibility index (Phi) is 6.22. The summed E-state index contributed by atoms with van der Waals surface area (Å²) in [6, 6.07) is 18.0. The van der Waals surface area contributed by atoms with Crippen LogP contribution in [0.2, 0.25) is 0 Å². The van der Waals surface area contributed by atoms with Gasteiger partial charge in [0.15, 0.2) is 5.01 Å². The van der Waals surface area contributed by atoms with Gasteiger partial charge in [-0.25, -0.2) is 9.78 Å². The number of carbonyl (C=O) groups is 2. The van der Waals surface area contributed by atoms with Crippen molar-refractivity contribution in [3.8, 4) is 0 Å². The number of nitrogens with one attached hydrogen (secondary N) is 1. The van der Waals surface area contributed by atoms with Crippen LogP contribution in [0.15, 0.2) is 54.6 Å². The first-order valence-electron chi connectivity index (χ1n) is 10.9. The van der Waals surface area contributed by atoms with Crippen molar-refractivity contribution in [3.63, 3.8) is 0 Å². The third kappa shape index (κ3) is 4.55. The van der Waals surface area contributed by atoms with Crippen LogP contribution in [0.1, 0.15) is 43.1 Å². The van der Waals surface area contributed by atoms with E-state index in [1.54, 1.807) is 6.92 Å². The van der Waals surface area contributed by atoms with E-state index in [0.717, 1.165) is 46.7 Å². The number of ether oxygens (including phenoxy) is 1. The highest BCUT2D eigenvalue weighted by molar-refractivity contribution is 7.20. The molecule has 4 aromatic rings. The van der Waals surface area contributed by atoms with E-state index in [0.29, 0.717) is 15.6 Å². The lowest BCUT2D eigenvalue weighted by molar-refractivity contribution is 0.0526. The molecule has 0 radical (unpaired) electrons. The van der Waals surface area contributed by atoms with Gasteiger partial charge in [0.1, 0.15) is 5.00 Å². The number of amides is 1. The minimum absolute atomic E-state index is 0.287. The summed E-state index contributed by atoms with van der Waals surface area (Å²) in [5, 5.41) is 3.88. The van der Waals surface area contributed by atoms with Crippen LogP contribution >= 0.6 is 22.7 Å². The Morgan fingerprint density at radius 3 is 2.67 bits per heavy atom. The highest BCUT2D eigenvalue weighted by atomic mass is 32.1. The van der Waals surface area contributed by atoms with Gasteiger partial charge in [0.05, 0.1) is 22.4 Å². The van der Waals surface area contributed by atoms with E-state index in [9.17, 15) is 9.59 Å². The molecule has 0 unspecified atom stereocenters. The fraction of sp³-hybridized carbons (Fsp3) is 0.240. The van der Waals surface area contributed by atoms with Gasteiger partial charge in [-0.05, 0) is 36.6 Å². The Labute approximate surface area is 199 Å². The summed E-state index contributed by atoms with van der Waals surface area (Å²) in [5.74, 6) is -0.687. The lowest BCUT2D eigenvalue weighted by Gasteiger charge is -2.27. The zero-order valence-corrected chi connectivity index (χ0v) is 19.8.